The molecule has 0 fully saturated rings. The molecule has 1 aromatic heterocycles. The van der Waals surface area contributed by atoms with Gasteiger partial charge in [0.25, 0.3) is 10.0 Å². The highest BCUT2D eigenvalue weighted by Crippen LogP contribution is 2.11. The molecule has 1 N–H and O–H groups in total. The molecule has 19 heavy (non-hydrogen) atoms. The number of nitrogens with one attached hydrogen (secondary N) is 1. The van der Waals surface area contributed by atoms with Crippen LogP contribution in [0.3, 0.4) is 0 Å². The van der Waals surface area contributed by atoms with Gasteiger partial charge in [0.2, 0.25) is 0 Å². The highest BCUT2D eigenvalue weighted by atomic mass is 35.5. The molecular weight excluding hydrogens is 286 g/mol. The summed E-state index contributed by atoms with van der Waals surface area (Å²) in [5.41, 5.74) is 0.834. The van der Waals surface area contributed by atoms with Crippen LogP contribution in [0.4, 0.5) is 0 Å². The fourth-order valence-electron chi connectivity index (χ4n) is 1.51. The van der Waals surface area contributed by atoms with Crippen molar-refractivity contribution in [1.82, 2.24) is 14.3 Å². The van der Waals surface area contributed by atoms with Crippen molar-refractivity contribution >= 4 is 21.6 Å². The molecule has 5 nitrogen and oxygen atoms in total. The van der Waals surface area contributed by atoms with Crippen molar-refractivity contribution in [3.8, 4) is 0 Å². The summed E-state index contributed by atoms with van der Waals surface area (Å²) in [5, 5.41) is 0.647. The smallest absolute Gasteiger partial charge is 0.259 e. The second kappa shape index (κ2) is 5.32. The highest BCUT2D eigenvalue weighted by Gasteiger charge is 2.17. The molecule has 0 aliphatic heterocycles. The Morgan fingerprint density at radius 2 is 1.95 bits per heavy atom. The third-order valence-electron chi connectivity index (χ3n) is 2.74. The molecule has 0 atom stereocenters. The summed E-state index contributed by atoms with van der Waals surface area (Å²) in [6.07, 6.45) is 1.49. The molecule has 0 amide bonds. The van der Waals surface area contributed by atoms with E-state index in [9.17, 15) is 8.42 Å². The minimum atomic E-state index is -3.59. The van der Waals surface area contributed by atoms with Crippen LogP contribution in [0, 0.1) is 6.92 Å². The van der Waals surface area contributed by atoms with Gasteiger partial charge in [-0.3, -0.25) is 0 Å². The van der Waals surface area contributed by atoms with Gasteiger partial charge in [0, 0.05) is 24.8 Å². The van der Waals surface area contributed by atoms with Crippen LogP contribution in [-0.2, 0) is 23.6 Å². The molecule has 1 aromatic carbocycles. The van der Waals surface area contributed by atoms with Gasteiger partial charge in [-0.05, 0) is 24.6 Å². The van der Waals surface area contributed by atoms with E-state index in [0.29, 0.717) is 10.8 Å². The maximum absolute atomic E-state index is 12.0. The van der Waals surface area contributed by atoms with Gasteiger partial charge in [-0.2, -0.15) is 0 Å². The summed E-state index contributed by atoms with van der Waals surface area (Å²) in [7, 11) is -1.83. The molecular formula is C12H14ClN3O2S. The lowest BCUT2D eigenvalue weighted by Gasteiger charge is -2.04. The number of aryl methyl sites for hydroxylation is 2. The largest absolute Gasteiger partial charge is 0.337 e. The number of nitrogens with zero attached hydrogens (tertiary/aromatic N) is 2. The minimum Gasteiger partial charge on any atom is -0.337 e. The predicted octanol–water partition coefficient (Wildman–Crippen LogP) is 1.86. The monoisotopic (exact) mass is 299 g/mol. The molecule has 0 radical (unpaired) electrons. The van der Waals surface area contributed by atoms with Crippen LogP contribution < -0.4 is 4.72 Å². The Balaban J connectivity index is 2.11. The normalized spacial score (nSPS) is 11.7. The standard InChI is InChI=1S/C12H14ClN3O2S/c1-9-15-12(8-16(9)2)19(17,18)14-7-10-3-5-11(13)6-4-10/h3-6,8,14H,7H2,1-2H3. The maximum Gasteiger partial charge on any atom is 0.259 e. The number of rotatable bonds is 4. The number of hydrogen-bond acceptors (Lipinski definition) is 3. The number of hydrogen-bond donors (Lipinski definition) is 1. The Morgan fingerprint density at radius 1 is 1.32 bits per heavy atom. The average molecular weight is 300 g/mol. The topological polar surface area (TPSA) is 64.0 Å². The van der Waals surface area contributed by atoms with E-state index < -0.39 is 10.0 Å². The van der Waals surface area contributed by atoms with E-state index in [-0.39, 0.29) is 11.6 Å². The van der Waals surface area contributed by atoms with E-state index in [0.717, 1.165) is 5.56 Å². The quantitative estimate of drug-likeness (QED) is 0.937. The van der Waals surface area contributed by atoms with Gasteiger partial charge in [0.1, 0.15) is 5.82 Å². The number of imidazole rings is 1. The third-order valence-corrected chi connectivity index (χ3v) is 4.27. The number of sulfonamides is 1. The summed E-state index contributed by atoms with van der Waals surface area (Å²) in [6.45, 7) is 1.95. The van der Waals surface area contributed by atoms with Crippen LogP contribution >= 0.6 is 11.6 Å². The fraction of sp³-hybridized carbons (Fsp3) is 0.250. The van der Waals surface area contributed by atoms with E-state index in [1.54, 1.807) is 42.8 Å². The third kappa shape index (κ3) is 3.34. The van der Waals surface area contributed by atoms with Gasteiger partial charge in [-0.25, -0.2) is 18.1 Å². The predicted molar refractivity (Wildman–Crippen MR) is 73.4 cm³/mol. The first-order valence-electron chi connectivity index (χ1n) is 5.62. The lowest BCUT2D eigenvalue weighted by molar-refractivity contribution is 0.578. The fourth-order valence-corrected chi connectivity index (χ4v) is 2.69. The van der Waals surface area contributed by atoms with Crippen molar-refractivity contribution in [3.05, 3.63) is 46.9 Å². The highest BCUT2D eigenvalue weighted by molar-refractivity contribution is 7.89. The van der Waals surface area contributed by atoms with Crippen LogP contribution in [0.25, 0.3) is 0 Å². The second-order valence-corrected chi connectivity index (χ2v) is 6.34. The first-order chi connectivity index (χ1) is 8.88. The lowest BCUT2D eigenvalue weighted by Crippen LogP contribution is -2.23. The molecule has 0 aliphatic carbocycles. The molecule has 0 bridgehead atoms. The number of aromatic nitrogens is 2. The molecule has 0 spiro atoms. The van der Waals surface area contributed by atoms with E-state index in [4.69, 9.17) is 11.6 Å². The van der Waals surface area contributed by atoms with Crippen LogP contribution in [-0.4, -0.2) is 18.0 Å². The molecule has 2 aromatic rings. The van der Waals surface area contributed by atoms with Gasteiger partial charge in [0.05, 0.1) is 0 Å². The van der Waals surface area contributed by atoms with E-state index in [2.05, 4.69) is 9.71 Å². The van der Waals surface area contributed by atoms with Gasteiger partial charge >= 0.3 is 0 Å². The van der Waals surface area contributed by atoms with E-state index >= 15 is 0 Å². The Morgan fingerprint density at radius 3 is 2.47 bits per heavy atom. The zero-order chi connectivity index (χ0) is 14.0. The molecule has 0 saturated heterocycles. The first kappa shape index (κ1) is 14.0. The van der Waals surface area contributed by atoms with Crippen molar-refractivity contribution < 1.29 is 8.42 Å². The van der Waals surface area contributed by atoms with Gasteiger partial charge in [-0.1, -0.05) is 23.7 Å². The van der Waals surface area contributed by atoms with Crippen LogP contribution in [0.15, 0.2) is 35.5 Å². The molecule has 0 unspecified atom stereocenters. The summed E-state index contributed by atoms with van der Waals surface area (Å²) in [4.78, 5) is 4.00. The Bertz CT molecular complexity index is 658. The first-order valence-corrected chi connectivity index (χ1v) is 7.49. The molecule has 0 saturated carbocycles. The molecule has 2 rings (SSSR count). The average Bonchev–Trinajstić information content (AvgIpc) is 2.70. The zero-order valence-corrected chi connectivity index (χ0v) is 12.2. The summed E-state index contributed by atoms with van der Waals surface area (Å²) in [6, 6.07) is 6.98. The van der Waals surface area contributed by atoms with Crippen molar-refractivity contribution in [3.63, 3.8) is 0 Å². The van der Waals surface area contributed by atoms with Crippen molar-refractivity contribution in [1.29, 1.82) is 0 Å². The Labute approximate surface area is 117 Å². The molecule has 7 heteroatoms. The zero-order valence-electron chi connectivity index (χ0n) is 10.6. The Kier molecular flexibility index (Phi) is 3.93. The summed E-state index contributed by atoms with van der Waals surface area (Å²) < 4.78 is 28.2. The lowest BCUT2D eigenvalue weighted by atomic mass is 10.2. The molecule has 0 aliphatic rings. The molecule has 102 valence electrons. The van der Waals surface area contributed by atoms with Crippen LogP contribution in [0.1, 0.15) is 11.4 Å². The SMILES string of the molecule is Cc1nc(S(=O)(=O)NCc2ccc(Cl)cc2)cn1C. The number of halogens is 1. The van der Waals surface area contributed by atoms with Crippen LogP contribution in [0.2, 0.25) is 5.02 Å². The number of benzene rings is 1. The minimum absolute atomic E-state index is 0.0291. The van der Waals surface area contributed by atoms with Crippen molar-refractivity contribution in [2.75, 3.05) is 0 Å². The van der Waals surface area contributed by atoms with Crippen molar-refractivity contribution in [2.45, 2.75) is 18.5 Å². The van der Waals surface area contributed by atoms with E-state index in [1.165, 1.54) is 6.20 Å². The van der Waals surface area contributed by atoms with Crippen LogP contribution in [0.5, 0.6) is 0 Å². The van der Waals surface area contributed by atoms with Gasteiger partial charge < -0.3 is 4.57 Å². The second-order valence-electron chi connectivity index (χ2n) is 4.19. The van der Waals surface area contributed by atoms with Crippen molar-refractivity contribution in [2.24, 2.45) is 7.05 Å². The van der Waals surface area contributed by atoms with E-state index in [1.807, 2.05) is 0 Å². The van der Waals surface area contributed by atoms with Gasteiger partial charge in [-0.15, -0.1) is 0 Å². The summed E-state index contributed by atoms with van der Waals surface area (Å²) >= 11 is 5.77. The Hall–Kier alpha value is -1.37. The molecule has 1 heterocycles. The van der Waals surface area contributed by atoms with Gasteiger partial charge in [0.15, 0.2) is 5.03 Å². The maximum atomic E-state index is 12.0. The summed E-state index contributed by atoms with van der Waals surface area (Å²) in [5.74, 6) is 0.645.